The van der Waals surface area contributed by atoms with Crippen molar-refractivity contribution in [2.24, 2.45) is 0 Å². The maximum atomic E-state index is 12.4. The Labute approximate surface area is 164 Å². The first kappa shape index (κ1) is 19.0. The molecule has 0 heterocycles. The van der Waals surface area contributed by atoms with Gasteiger partial charge in [-0.3, -0.25) is 9.59 Å². The number of amides is 2. The van der Waals surface area contributed by atoms with Crippen molar-refractivity contribution < 1.29 is 9.59 Å². The van der Waals surface area contributed by atoms with Crippen molar-refractivity contribution in [1.29, 1.82) is 0 Å². The second-order valence-corrected chi connectivity index (χ2v) is 6.51. The molecule has 2 amide bonds. The van der Waals surface area contributed by atoms with Crippen LogP contribution in [0.5, 0.6) is 0 Å². The highest BCUT2D eigenvalue weighted by atomic mass is 16.2. The molecule has 0 aliphatic heterocycles. The second-order valence-electron chi connectivity index (χ2n) is 6.51. The number of rotatable bonds is 5. The molecule has 6 heteroatoms. The second kappa shape index (κ2) is 8.26. The molecule has 4 N–H and O–H groups in total. The van der Waals surface area contributed by atoms with Crippen LogP contribution in [0.25, 0.3) is 0 Å². The molecule has 6 nitrogen and oxygen atoms in total. The molecule has 0 aromatic heterocycles. The van der Waals surface area contributed by atoms with E-state index in [1.54, 1.807) is 48.5 Å². The van der Waals surface area contributed by atoms with Crippen LogP contribution in [0.3, 0.4) is 0 Å². The van der Waals surface area contributed by atoms with Crippen molar-refractivity contribution in [2.75, 3.05) is 35.4 Å². The molecular weight excluding hydrogens is 352 g/mol. The minimum absolute atomic E-state index is 0.239. The largest absolute Gasteiger partial charge is 0.397 e. The summed E-state index contributed by atoms with van der Waals surface area (Å²) in [7, 11) is 3.91. The van der Waals surface area contributed by atoms with Gasteiger partial charge < -0.3 is 21.3 Å². The third-order valence-electron chi connectivity index (χ3n) is 4.26. The Morgan fingerprint density at radius 2 is 1.29 bits per heavy atom. The Balaban J connectivity index is 1.65. The van der Waals surface area contributed by atoms with E-state index in [0.29, 0.717) is 28.2 Å². The quantitative estimate of drug-likeness (QED) is 0.592. The molecule has 0 aliphatic rings. The zero-order chi connectivity index (χ0) is 20.1. The standard InChI is InChI=1S/C22H22N4O2/c1-26(2)18-13-11-17(12-14-18)24-21(27)15-7-9-16(10-8-15)22(28)25-20-6-4-3-5-19(20)23/h3-14H,23H2,1-2H3,(H,24,27)(H,25,28). The van der Waals surface area contributed by atoms with E-state index in [0.717, 1.165) is 5.69 Å². The van der Waals surface area contributed by atoms with Gasteiger partial charge in [0, 0.05) is 36.6 Å². The highest BCUT2D eigenvalue weighted by Gasteiger charge is 2.11. The van der Waals surface area contributed by atoms with Gasteiger partial charge in [0.1, 0.15) is 0 Å². The van der Waals surface area contributed by atoms with Crippen LogP contribution in [0.4, 0.5) is 22.7 Å². The maximum Gasteiger partial charge on any atom is 0.255 e. The van der Waals surface area contributed by atoms with Gasteiger partial charge in [0.15, 0.2) is 0 Å². The monoisotopic (exact) mass is 374 g/mol. The van der Waals surface area contributed by atoms with Gasteiger partial charge in [-0.2, -0.15) is 0 Å². The molecule has 0 unspecified atom stereocenters. The molecule has 0 spiro atoms. The lowest BCUT2D eigenvalue weighted by Crippen LogP contribution is -2.15. The predicted molar refractivity (Wildman–Crippen MR) is 114 cm³/mol. The molecule has 0 aliphatic carbocycles. The highest BCUT2D eigenvalue weighted by molar-refractivity contribution is 6.08. The summed E-state index contributed by atoms with van der Waals surface area (Å²) >= 11 is 0. The molecule has 0 atom stereocenters. The van der Waals surface area contributed by atoms with Gasteiger partial charge in [-0.25, -0.2) is 0 Å². The van der Waals surface area contributed by atoms with Gasteiger partial charge in [0.05, 0.1) is 11.4 Å². The summed E-state index contributed by atoms with van der Waals surface area (Å²) in [6.45, 7) is 0. The third-order valence-corrected chi connectivity index (χ3v) is 4.26. The number of anilines is 4. The van der Waals surface area contributed by atoms with Crippen molar-refractivity contribution in [1.82, 2.24) is 0 Å². The number of nitrogens with zero attached hydrogens (tertiary/aromatic N) is 1. The Bertz CT molecular complexity index is 980. The van der Waals surface area contributed by atoms with Gasteiger partial charge >= 0.3 is 0 Å². The third kappa shape index (κ3) is 4.48. The molecule has 3 aromatic carbocycles. The van der Waals surface area contributed by atoms with E-state index >= 15 is 0 Å². The number of hydrogen-bond acceptors (Lipinski definition) is 4. The van der Waals surface area contributed by atoms with Gasteiger partial charge in [0.2, 0.25) is 0 Å². The lowest BCUT2D eigenvalue weighted by Gasteiger charge is -2.13. The fourth-order valence-corrected chi connectivity index (χ4v) is 2.62. The molecule has 3 aromatic rings. The number of hydrogen-bond donors (Lipinski definition) is 3. The van der Waals surface area contributed by atoms with Gasteiger partial charge in [0.25, 0.3) is 11.8 Å². The van der Waals surface area contributed by atoms with Crippen molar-refractivity contribution >= 4 is 34.6 Å². The predicted octanol–water partition coefficient (Wildman–Crippen LogP) is 3.84. The fraction of sp³-hybridized carbons (Fsp3) is 0.0909. The summed E-state index contributed by atoms with van der Waals surface area (Å²) in [6, 6.07) is 21.0. The molecule has 142 valence electrons. The zero-order valence-corrected chi connectivity index (χ0v) is 15.8. The summed E-state index contributed by atoms with van der Waals surface area (Å²) in [5.41, 5.74) is 9.54. The fourth-order valence-electron chi connectivity index (χ4n) is 2.62. The number of nitrogens with two attached hydrogens (primary N) is 1. The van der Waals surface area contributed by atoms with Gasteiger partial charge in [-0.05, 0) is 60.7 Å². The molecule has 3 rings (SSSR count). The lowest BCUT2D eigenvalue weighted by molar-refractivity contribution is 0.101. The maximum absolute atomic E-state index is 12.4. The lowest BCUT2D eigenvalue weighted by atomic mass is 10.1. The normalized spacial score (nSPS) is 10.2. The van der Waals surface area contributed by atoms with Crippen LogP contribution in [-0.2, 0) is 0 Å². The topological polar surface area (TPSA) is 87.5 Å². The molecule has 0 saturated heterocycles. The van der Waals surface area contributed by atoms with E-state index in [1.807, 2.05) is 43.3 Å². The average molecular weight is 374 g/mol. The number of para-hydroxylation sites is 2. The van der Waals surface area contributed by atoms with E-state index in [9.17, 15) is 9.59 Å². The number of nitrogens with one attached hydrogen (secondary N) is 2. The highest BCUT2D eigenvalue weighted by Crippen LogP contribution is 2.19. The van der Waals surface area contributed by atoms with Crippen LogP contribution in [0, 0.1) is 0 Å². The molecular formula is C22H22N4O2. The first-order valence-electron chi connectivity index (χ1n) is 8.79. The van der Waals surface area contributed by atoms with Gasteiger partial charge in [-0.15, -0.1) is 0 Å². The minimum atomic E-state index is -0.288. The number of carbonyl (C=O) groups is 2. The first-order valence-corrected chi connectivity index (χ1v) is 8.79. The number of carbonyl (C=O) groups excluding carboxylic acids is 2. The zero-order valence-electron chi connectivity index (χ0n) is 15.8. The van der Waals surface area contributed by atoms with E-state index < -0.39 is 0 Å². The summed E-state index contributed by atoms with van der Waals surface area (Å²) in [4.78, 5) is 26.7. The average Bonchev–Trinajstić information content (AvgIpc) is 2.70. The molecule has 0 fully saturated rings. The Morgan fingerprint density at radius 3 is 1.82 bits per heavy atom. The summed E-state index contributed by atoms with van der Waals surface area (Å²) in [5, 5.41) is 5.61. The number of nitrogen functional groups attached to an aromatic ring is 1. The van der Waals surface area contributed by atoms with Crippen LogP contribution < -0.4 is 21.3 Å². The summed E-state index contributed by atoms with van der Waals surface area (Å²) in [6.07, 6.45) is 0. The Kier molecular flexibility index (Phi) is 5.60. The summed E-state index contributed by atoms with van der Waals surface area (Å²) < 4.78 is 0. The van der Waals surface area contributed by atoms with Crippen LogP contribution in [0.2, 0.25) is 0 Å². The van der Waals surface area contributed by atoms with Crippen LogP contribution in [0.1, 0.15) is 20.7 Å². The van der Waals surface area contributed by atoms with E-state index in [2.05, 4.69) is 10.6 Å². The van der Waals surface area contributed by atoms with Crippen LogP contribution in [-0.4, -0.2) is 25.9 Å². The summed E-state index contributed by atoms with van der Waals surface area (Å²) in [5.74, 6) is -0.527. The van der Waals surface area contributed by atoms with E-state index in [-0.39, 0.29) is 11.8 Å². The number of benzene rings is 3. The first-order chi connectivity index (χ1) is 13.4. The van der Waals surface area contributed by atoms with Crippen molar-refractivity contribution in [3.05, 3.63) is 83.9 Å². The minimum Gasteiger partial charge on any atom is -0.397 e. The van der Waals surface area contributed by atoms with E-state index in [1.165, 1.54) is 0 Å². The van der Waals surface area contributed by atoms with Crippen LogP contribution in [0.15, 0.2) is 72.8 Å². The Morgan fingerprint density at radius 1 is 0.750 bits per heavy atom. The molecule has 0 saturated carbocycles. The molecule has 0 radical (unpaired) electrons. The molecule has 28 heavy (non-hydrogen) atoms. The smallest absolute Gasteiger partial charge is 0.255 e. The van der Waals surface area contributed by atoms with Crippen molar-refractivity contribution in [3.8, 4) is 0 Å². The molecule has 0 bridgehead atoms. The van der Waals surface area contributed by atoms with Crippen LogP contribution >= 0.6 is 0 Å². The SMILES string of the molecule is CN(C)c1ccc(NC(=O)c2ccc(C(=O)Nc3ccccc3N)cc2)cc1. The van der Waals surface area contributed by atoms with Crippen molar-refractivity contribution in [3.63, 3.8) is 0 Å². The Hall–Kier alpha value is -3.80. The van der Waals surface area contributed by atoms with Crippen molar-refractivity contribution in [2.45, 2.75) is 0 Å². The van der Waals surface area contributed by atoms with Gasteiger partial charge in [-0.1, -0.05) is 12.1 Å². The van der Waals surface area contributed by atoms with E-state index in [4.69, 9.17) is 5.73 Å².